The van der Waals surface area contributed by atoms with Crippen molar-refractivity contribution in [2.24, 2.45) is 0 Å². The Bertz CT molecular complexity index is 468. The first-order chi connectivity index (χ1) is 10.1. The monoisotopic (exact) mass is 289 g/mol. The molecule has 0 aliphatic heterocycles. The quantitative estimate of drug-likeness (QED) is 0.511. The minimum absolute atomic E-state index is 0.110. The van der Waals surface area contributed by atoms with E-state index in [0.29, 0.717) is 6.42 Å². The van der Waals surface area contributed by atoms with E-state index in [-0.39, 0.29) is 5.97 Å². The molecule has 1 aromatic rings. The lowest BCUT2D eigenvalue weighted by atomic mass is 10.0. The first-order valence-corrected chi connectivity index (χ1v) is 7.54. The lowest BCUT2D eigenvalue weighted by Gasteiger charge is -2.18. The summed E-state index contributed by atoms with van der Waals surface area (Å²) >= 11 is 0. The molecular weight excluding hydrogens is 262 g/mol. The van der Waals surface area contributed by atoms with Crippen molar-refractivity contribution in [1.29, 1.82) is 0 Å². The van der Waals surface area contributed by atoms with Crippen molar-refractivity contribution in [3.63, 3.8) is 0 Å². The summed E-state index contributed by atoms with van der Waals surface area (Å²) < 4.78 is 4.63. The van der Waals surface area contributed by atoms with Gasteiger partial charge in [-0.2, -0.15) is 0 Å². The zero-order chi connectivity index (χ0) is 15.7. The Morgan fingerprint density at radius 1 is 1.33 bits per heavy atom. The van der Waals surface area contributed by atoms with Gasteiger partial charge in [-0.3, -0.25) is 4.79 Å². The van der Waals surface area contributed by atoms with E-state index < -0.39 is 0 Å². The van der Waals surface area contributed by atoms with E-state index in [9.17, 15) is 4.79 Å². The van der Waals surface area contributed by atoms with Crippen LogP contribution in [0.1, 0.15) is 42.4 Å². The van der Waals surface area contributed by atoms with Crippen LogP contribution in [0.5, 0.6) is 0 Å². The van der Waals surface area contributed by atoms with Gasteiger partial charge in [-0.05, 0) is 50.0 Å². The third-order valence-electron chi connectivity index (χ3n) is 3.69. The summed E-state index contributed by atoms with van der Waals surface area (Å²) in [5.74, 6) is -0.110. The summed E-state index contributed by atoms with van der Waals surface area (Å²) in [6.07, 6.45) is 5.49. The van der Waals surface area contributed by atoms with Gasteiger partial charge in [0.25, 0.3) is 0 Å². The van der Waals surface area contributed by atoms with Gasteiger partial charge in [0, 0.05) is 13.0 Å². The number of esters is 1. The summed E-state index contributed by atoms with van der Waals surface area (Å²) in [5.41, 5.74) is 3.84. The lowest BCUT2D eigenvalue weighted by Crippen LogP contribution is -2.19. The molecule has 0 saturated carbocycles. The second-order valence-corrected chi connectivity index (χ2v) is 5.51. The van der Waals surface area contributed by atoms with Crippen molar-refractivity contribution < 1.29 is 9.53 Å². The summed E-state index contributed by atoms with van der Waals surface area (Å²) in [5, 5.41) is 0. The van der Waals surface area contributed by atoms with E-state index in [1.807, 2.05) is 6.08 Å². The summed E-state index contributed by atoms with van der Waals surface area (Å²) in [6.45, 7) is 7.95. The largest absolute Gasteiger partial charge is 0.469 e. The molecule has 0 amide bonds. The molecule has 0 unspecified atom stereocenters. The highest BCUT2D eigenvalue weighted by Gasteiger charge is 2.04. The van der Waals surface area contributed by atoms with E-state index in [1.165, 1.54) is 23.8 Å². The number of hydrogen-bond donors (Lipinski definition) is 0. The fourth-order valence-electron chi connectivity index (χ4n) is 2.32. The number of aryl methyl sites for hydroxylation is 1. The average Bonchev–Trinajstić information content (AvgIpc) is 2.48. The van der Waals surface area contributed by atoms with Crippen LogP contribution in [0.15, 0.2) is 24.8 Å². The van der Waals surface area contributed by atoms with Crippen molar-refractivity contribution in [3.05, 3.63) is 41.5 Å². The van der Waals surface area contributed by atoms with Gasteiger partial charge in [-0.25, -0.2) is 0 Å². The number of methoxy groups -OCH3 is 1. The van der Waals surface area contributed by atoms with Crippen LogP contribution < -0.4 is 0 Å². The van der Waals surface area contributed by atoms with Crippen LogP contribution in [0.4, 0.5) is 0 Å². The van der Waals surface area contributed by atoms with Crippen LogP contribution in [0.2, 0.25) is 0 Å². The Labute approximate surface area is 128 Å². The smallest absolute Gasteiger partial charge is 0.305 e. The highest BCUT2D eigenvalue weighted by Crippen LogP contribution is 2.14. The van der Waals surface area contributed by atoms with Crippen molar-refractivity contribution in [2.75, 3.05) is 20.7 Å². The molecule has 0 aromatic heterocycles. The highest BCUT2D eigenvalue weighted by molar-refractivity contribution is 5.68. The molecule has 0 heterocycles. The number of nitrogens with zero attached hydrogens (tertiary/aromatic N) is 1. The standard InChI is InChI=1S/C18H27NO2/c1-5-16-10-11-17(15(2)13-16)14-19(3)12-8-6-7-9-18(20)21-4/h5,10-11,13H,1,6-9,12,14H2,2-4H3. The minimum Gasteiger partial charge on any atom is -0.469 e. The van der Waals surface area contributed by atoms with Crippen LogP contribution >= 0.6 is 0 Å². The Morgan fingerprint density at radius 3 is 2.71 bits per heavy atom. The maximum atomic E-state index is 11.0. The molecule has 1 aromatic carbocycles. The molecule has 0 saturated heterocycles. The molecule has 0 N–H and O–H groups in total. The Hall–Kier alpha value is -1.61. The summed E-state index contributed by atoms with van der Waals surface area (Å²) in [7, 11) is 3.58. The third-order valence-corrected chi connectivity index (χ3v) is 3.69. The van der Waals surface area contributed by atoms with E-state index in [0.717, 1.165) is 32.4 Å². The fourth-order valence-corrected chi connectivity index (χ4v) is 2.32. The van der Waals surface area contributed by atoms with E-state index in [1.54, 1.807) is 0 Å². The van der Waals surface area contributed by atoms with Gasteiger partial charge in [0.15, 0.2) is 0 Å². The Balaban J connectivity index is 2.29. The highest BCUT2D eigenvalue weighted by atomic mass is 16.5. The van der Waals surface area contributed by atoms with Crippen molar-refractivity contribution in [1.82, 2.24) is 4.90 Å². The van der Waals surface area contributed by atoms with E-state index >= 15 is 0 Å². The summed E-state index contributed by atoms with van der Waals surface area (Å²) in [6, 6.07) is 6.46. The number of rotatable bonds is 9. The van der Waals surface area contributed by atoms with Gasteiger partial charge in [0.1, 0.15) is 0 Å². The first kappa shape index (κ1) is 17.4. The van der Waals surface area contributed by atoms with Crippen LogP contribution in [0.3, 0.4) is 0 Å². The maximum Gasteiger partial charge on any atom is 0.305 e. The normalized spacial score (nSPS) is 10.7. The molecular formula is C18H27NO2. The SMILES string of the molecule is C=Cc1ccc(CN(C)CCCCCC(=O)OC)c(C)c1. The number of benzene rings is 1. The molecule has 0 radical (unpaired) electrons. The van der Waals surface area contributed by atoms with Crippen LogP contribution in [-0.4, -0.2) is 31.6 Å². The van der Waals surface area contributed by atoms with Gasteiger partial charge in [-0.1, -0.05) is 37.3 Å². The second kappa shape index (κ2) is 9.35. The molecule has 3 heteroatoms. The van der Waals surface area contributed by atoms with Gasteiger partial charge in [-0.15, -0.1) is 0 Å². The molecule has 21 heavy (non-hydrogen) atoms. The number of carbonyl (C=O) groups excluding carboxylic acids is 1. The predicted molar refractivity (Wildman–Crippen MR) is 88.1 cm³/mol. The average molecular weight is 289 g/mol. The maximum absolute atomic E-state index is 11.0. The zero-order valence-electron chi connectivity index (χ0n) is 13.5. The molecule has 0 aliphatic rings. The van der Waals surface area contributed by atoms with Gasteiger partial charge >= 0.3 is 5.97 Å². The second-order valence-electron chi connectivity index (χ2n) is 5.51. The third kappa shape index (κ3) is 6.58. The van der Waals surface area contributed by atoms with Crippen molar-refractivity contribution in [3.8, 4) is 0 Å². The zero-order valence-corrected chi connectivity index (χ0v) is 13.5. The molecule has 0 bridgehead atoms. The van der Waals surface area contributed by atoms with Crippen LogP contribution in [0, 0.1) is 6.92 Å². The van der Waals surface area contributed by atoms with Gasteiger partial charge in [0.2, 0.25) is 0 Å². The lowest BCUT2D eigenvalue weighted by molar-refractivity contribution is -0.140. The molecule has 0 aliphatic carbocycles. The van der Waals surface area contributed by atoms with Crippen LogP contribution in [-0.2, 0) is 16.1 Å². The number of hydrogen-bond acceptors (Lipinski definition) is 3. The molecule has 1 rings (SSSR count). The molecule has 3 nitrogen and oxygen atoms in total. The predicted octanol–water partition coefficient (Wildman–Crippen LogP) is 3.80. The van der Waals surface area contributed by atoms with Crippen LogP contribution in [0.25, 0.3) is 6.08 Å². The molecule has 0 fully saturated rings. The number of unbranched alkanes of at least 4 members (excludes halogenated alkanes) is 2. The number of ether oxygens (including phenoxy) is 1. The molecule has 116 valence electrons. The minimum atomic E-state index is -0.110. The van der Waals surface area contributed by atoms with E-state index in [2.05, 4.69) is 48.4 Å². The van der Waals surface area contributed by atoms with Gasteiger partial charge < -0.3 is 9.64 Å². The van der Waals surface area contributed by atoms with E-state index in [4.69, 9.17) is 0 Å². The first-order valence-electron chi connectivity index (χ1n) is 7.54. The summed E-state index contributed by atoms with van der Waals surface area (Å²) in [4.78, 5) is 13.3. The number of carbonyl (C=O) groups is 1. The van der Waals surface area contributed by atoms with Crippen molar-refractivity contribution in [2.45, 2.75) is 39.2 Å². The Kier molecular flexibility index (Phi) is 7.76. The topological polar surface area (TPSA) is 29.5 Å². The Morgan fingerprint density at radius 2 is 2.10 bits per heavy atom. The fraction of sp³-hybridized carbons (Fsp3) is 0.500. The van der Waals surface area contributed by atoms with Crippen molar-refractivity contribution >= 4 is 12.0 Å². The molecule has 0 spiro atoms. The van der Waals surface area contributed by atoms with Gasteiger partial charge in [0.05, 0.1) is 7.11 Å². The molecule has 0 atom stereocenters.